The van der Waals surface area contributed by atoms with Gasteiger partial charge in [-0.25, -0.2) is 0 Å². The van der Waals surface area contributed by atoms with Gasteiger partial charge in [0, 0.05) is 10.9 Å². The van der Waals surface area contributed by atoms with Crippen molar-refractivity contribution in [1.29, 1.82) is 0 Å². The number of halogens is 1. The molecule has 0 fully saturated rings. The van der Waals surface area contributed by atoms with Gasteiger partial charge in [-0.1, -0.05) is 34.1 Å². The van der Waals surface area contributed by atoms with Gasteiger partial charge >= 0.3 is 0 Å². The summed E-state index contributed by atoms with van der Waals surface area (Å²) in [6.07, 6.45) is 0.697. The van der Waals surface area contributed by atoms with E-state index in [0.717, 1.165) is 15.8 Å². The molecule has 2 nitrogen and oxygen atoms in total. The summed E-state index contributed by atoms with van der Waals surface area (Å²) < 4.78 is 6.62. The first kappa shape index (κ1) is 12.0. The monoisotopic (exact) mass is 292 g/mol. The first-order valence-electron chi connectivity index (χ1n) is 5.41. The smallest absolute Gasteiger partial charge is 0.119 e. The number of benzene rings is 2. The van der Waals surface area contributed by atoms with Gasteiger partial charge in [0.15, 0.2) is 0 Å². The zero-order valence-corrected chi connectivity index (χ0v) is 10.9. The summed E-state index contributed by atoms with van der Waals surface area (Å²) >= 11 is 3.37. The van der Waals surface area contributed by atoms with Crippen molar-refractivity contribution in [2.45, 2.75) is 6.42 Å². The zero-order chi connectivity index (χ0) is 12.1. The standard InChI is InChI=1S/C14H13BrO2/c15-12-5-7-13(8-6-12)17-10-9-11-3-1-2-4-14(11)16/h1-8,16H,9-10H2. The molecule has 0 atom stereocenters. The fourth-order valence-electron chi connectivity index (χ4n) is 1.53. The molecule has 0 radical (unpaired) electrons. The summed E-state index contributed by atoms with van der Waals surface area (Å²) in [6, 6.07) is 15.0. The van der Waals surface area contributed by atoms with Crippen LogP contribution in [0, 0.1) is 0 Å². The maximum absolute atomic E-state index is 9.58. The van der Waals surface area contributed by atoms with E-state index in [0.29, 0.717) is 18.8 Å². The van der Waals surface area contributed by atoms with Crippen molar-refractivity contribution in [3.63, 3.8) is 0 Å². The van der Waals surface area contributed by atoms with E-state index in [2.05, 4.69) is 15.9 Å². The Balaban J connectivity index is 1.88. The van der Waals surface area contributed by atoms with E-state index in [4.69, 9.17) is 4.74 Å². The first-order chi connectivity index (χ1) is 8.25. The Morgan fingerprint density at radius 2 is 1.71 bits per heavy atom. The predicted octanol–water partition coefficient (Wildman–Crippen LogP) is 3.78. The summed E-state index contributed by atoms with van der Waals surface area (Å²) in [6.45, 7) is 0.555. The third-order valence-electron chi connectivity index (χ3n) is 2.45. The highest BCUT2D eigenvalue weighted by Gasteiger charge is 2.00. The Morgan fingerprint density at radius 1 is 1.00 bits per heavy atom. The van der Waals surface area contributed by atoms with Crippen molar-refractivity contribution >= 4 is 15.9 Å². The van der Waals surface area contributed by atoms with Crippen molar-refractivity contribution in [2.24, 2.45) is 0 Å². The lowest BCUT2D eigenvalue weighted by Gasteiger charge is -2.07. The van der Waals surface area contributed by atoms with E-state index < -0.39 is 0 Å². The number of phenols is 1. The Morgan fingerprint density at radius 3 is 2.41 bits per heavy atom. The molecule has 1 N–H and O–H groups in total. The quantitative estimate of drug-likeness (QED) is 0.929. The molecule has 0 aliphatic rings. The van der Waals surface area contributed by atoms with Crippen LogP contribution in [0.2, 0.25) is 0 Å². The van der Waals surface area contributed by atoms with Crippen molar-refractivity contribution in [1.82, 2.24) is 0 Å². The Hall–Kier alpha value is -1.48. The fourth-order valence-corrected chi connectivity index (χ4v) is 1.80. The number of hydrogen-bond donors (Lipinski definition) is 1. The molecule has 0 saturated carbocycles. The molecule has 0 aliphatic heterocycles. The fraction of sp³-hybridized carbons (Fsp3) is 0.143. The summed E-state index contributed by atoms with van der Waals surface area (Å²) in [5.74, 6) is 1.16. The van der Waals surface area contributed by atoms with Crippen LogP contribution in [0.1, 0.15) is 5.56 Å². The molecule has 0 aliphatic carbocycles. The summed E-state index contributed by atoms with van der Waals surface area (Å²) in [5, 5.41) is 9.58. The molecule has 17 heavy (non-hydrogen) atoms. The second-order valence-corrected chi connectivity index (χ2v) is 4.60. The third-order valence-corrected chi connectivity index (χ3v) is 2.97. The highest BCUT2D eigenvalue weighted by Crippen LogP contribution is 2.18. The minimum atomic E-state index is 0.326. The van der Waals surface area contributed by atoms with Gasteiger partial charge in [0.2, 0.25) is 0 Å². The number of phenolic OH excluding ortho intramolecular Hbond substituents is 1. The van der Waals surface area contributed by atoms with Crippen LogP contribution >= 0.6 is 15.9 Å². The minimum Gasteiger partial charge on any atom is -0.508 e. The molecule has 0 spiro atoms. The largest absolute Gasteiger partial charge is 0.508 e. The van der Waals surface area contributed by atoms with Gasteiger partial charge in [0.25, 0.3) is 0 Å². The lowest BCUT2D eigenvalue weighted by Crippen LogP contribution is -2.01. The van der Waals surface area contributed by atoms with Gasteiger partial charge in [-0.2, -0.15) is 0 Å². The van der Waals surface area contributed by atoms with E-state index in [1.165, 1.54) is 0 Å². The van der Waals surface area contributed by atoms with Gasteiger partial charge in [-0.15, -0.1) is 0 Å². The maximum Gasteiger partial charge on any atom is 0.119 e. The topological polar surface area (TPSA) is 29.5 Å². The summed E-state index contributed by atoms with van der Waals surface area (Å²) in [4.78, 5) is 0. The first-order valence-corrected chi connectivity index (χ1v) is 6.20. The van der Waals surface area contributed by atoms with E-state index >= 15 is 0 Å². The van der Waals surface area contributed by atoms with E-state index in [1.54, 1.807) is 6.07 Å². The average Bonchev–Trinajstić information content (AvgIpc) is 2.34. The molecule has 0 amide bonds. The van der Waals surface area contributed by atoms with Crippen LogP contribution in [0.3, 0.4) is 0 Å². The molecule has 88 valence electrons. The van der Waals surface area contributed by atoms with Gasteiger partial charge < -0.3 is 9.84 Å². The van der Waals surface area contributed by atoms with Crippen LogP contribution in [-0.2, 0) is 6.42 Å². The van der Waals surface area contributed by atoms with Crippen molar-refractivity contribution in [2.75, 3.05) is 6.61 Å². The maximum atomic E-state index is 9.58. The van der Waals surface area contributed by atoms with Crippen LogP contribution < -0.4 is 4.74 Å². The van der Waals surface area contributed by atoms with Crippen LogP contribution in [-0.4, -0.2) is 11.7 Å². The van der Waals surface area contributed by atoms with Crippen LogP contribution in [0.4, 0.5) is 0 Å². The lowest BCUT2D eigenvalue weighted by molar-refractivity contribution is 0.319. The molecule has 0 aromatic heterocycles. The number of rotatable bonds is 4. The molecular weight excluding hydrogens is 280 g/mol. The Labute approximate surface area is 109 Å². The predicted molar refractivity (Wildman–Crippen MR) is 71.4 cm³/mol. The number of ether oxygens (including phenoxy) is 1. The van der Waals surface area contributed by atoms with Gasteiger partial charge in [0.05, 0.1) is 6.61 Å². The Bertz CT molecular complexity index is 480. The van der Waals surface area contributed by atoms with E-state index in [-0.39, 0.29) is 0 Å². The molecular formula is C14H13BrO2. The van der Waals surface area contributed by atoms with Crippen LogP contribution in [0.15, 0.2) is 53.0 Å². The van der Waals surface area contributed by atoms with Crippen molar-refractivity contribution in [3.8, 4) is 11.5 Å². The van der Waals surface area contributed by atoms with E-state index in [9.17, 15) is 5.11 Å². The molecule has 3 heteroatoms. The number of aromatic hydroxyl groups is 1. The van der Waals surface area contributed by atoms with E-state index in [1.807, 2.05) is 42.5 Å². The minimum absolute atomic E-state index is 0.326. The SMILES string of the molecule is Oc1ccccc1CCOc1ccc(Br)cc1. The van der Waals surface area contributed by atoms with Gasteiger partial charge in [-0.3, -0.25) is 0 Å². The van der Waals surface area contributed by atoms with Crippen molar-refractivity contribution in [3.05, 3.63) is 58.6 Å². The molecule has 2 rings (SSSR count). The average molecular weight is 293 g/mol. The summed E-state index contributed by atoms with van der Waals surface area (Å²) in [7, 11) is 0. The highest BCUT2D eigenvalue weighted by atomic mass is 79.9. The third kappa shape index (κ3) is 3.49. The second kappa shape index (κ2) is 5.73. The molecule has 2 aromatic rings. The normalized spacial score (nSPS) is 10.2. The number of hydrogen-bond acceptors (Lipinski definition) is 2. The lowest BCUT2D eigenvalue weighted by atomic mass is 10.1. The summed E-state index contributed by atoms with van der Waals surface area (Å²) in [5.41, 5.74) is 0.907. The van der Waals surface area contributed by atoms with Crippen LogP contribution in [0.5, 0.6) is 11.5 Å². The second-order valence-electron chi connectivity index (χ2n) is 3.68. The molecule has 0 bridgehead atoms. The number of para-hydroxylation sites is 1. The van der Waals surface area contributed by atoms with Gasteiger partial charge in [-0.05, 0) is 35.9 Å². The molecule has 2 aromatic carbocycles. The van der Waals surface area contributed by atoms with Gasteiger partial charge in [0.1, 0.15) is 11.5 Å². The van der Waals surface area contributed by atoms with Crippen LogP contribution in [0.25, 0.3) is 0 Å². The Kier molecular flexibility index (Phi) is 4.04. The zero-order valence-electron chi connectivity index (χ0n) is 9.27. The molecule has 0 saturated heterocycles. The highest BCUT2D eigenvalue weighted by molar-refractivity contribution is 9.10. The molecule has 0 heterocycles. The molecule has 0 unspecified atom stereocenters. The van der Waals surface area contributed by atoms with Crippen molar-refractivity contribution < 1.29 is 9.84 Å².